The van der Waals surface area contributed by atoms with Crippen LogP contribution in [0, 0.1) is 0 Å². The number of carbonyl (C=O) groups excluding carboxylic acids is 2. The summed E-state index contributed by atoms with van der Waals surface area (Å²) < 4.78 is 4.64. The monoisotopic (exact) mass is 303 g/mol. The van der Waals surface area contributed by atoms with Crippen LogP contribution in [0.4, 0.5) is 5.69 Å². The van der Waals surface area contributed by atoms with E-state index in [1.54, 1.807) is 29.7 Å². The summed E-state index contributed by atoms with van der Waals surface area (Å²) in [6.07, 6.45) is 2.96. The zero-order valence-electron chi connectivity index (χ0n) is 11.2. The number of carbonyl (C=O) groups is 2. The molecule has 1 aromatic carbocycles. The van der Waals surface area contributed by atoms with Crippen LogP contribution in [0.1, 0.15) is 15.2 Å². The molecule has 0 saturated heterocycles. The molecule has 0 saturated carbocycles. The standard InChI is InChI=1S/C15H13NO4S/c1-20-15(19)14-12(8-9-21-14)16-13(18)7-4-10-2-5-11(17)6-3-10/h2-9,17H,1H3,(H,16,18)/b7-4+. The summed E-state index contributed by atoms with van der Waals surface area (Å²) in [7, 11) is 1.29. The molecule has 0 unspecified atom stereocenters. The molecule has 0 aliphatic heterocycles. The third-order valence-corrected chi connectivity index (χ3v) is 3.51. The largest absolute Gasteiger partial charge is 0.508 e. The van der Waals surface area contributed by atoms with E-state index < -0.39 is 5.97 Å². The lowest BCUT2D eigenvalue weighted by molar-refractivity contribution is -0.111. The Morgan fingerprint density at radius 1 is 1.24 bits per heavy atom. The van der Waals surface area contributed by atoms with Crippen molar-refractivity contribution in [3.05, 3.63) is 52.2 Å². The highest BCUT2D eigenvalue weighted by Gasteiger charge is 2.14. The minimum atomic E-state index is -0.484. The first-order chi connectivity index (χ1) is 10.1. The van der Waals surface area contributed by atoms with E-state index >= 15 is 0 Å². The number of esters is 1. The summed E-state index contributed by atoms with van der Waals surface area (Å²) in [5.74, 6) is -0.674. The first-order valence-electron chi connectivity index (χ1n) is 6.04. The lowest BCUT2D eigenvalue weighted by Crippen LogP contribution is -2.10. The van der Waals surface area contributed by atoms with Crippen molar-refractivity contribution in [1.82, 2.24) is 0 Å². The lowest BCUT2D eigenvalue weighted by Gasteiger charge is -2.02. The number of hydrogen-bond donors (Lipinski definition) is 2. The number of rotatable bonds is 4. The van der Waals surface area contributed by atoms with Crippen molar-refractivity contribution in [2.45, 2.75) is 0 Å². The van der Waals surface area contributed by atoms with Gasteiger partial charge in [-0.2, -0.15) is 0 Å². The van der Waals surface area contributed by atoms with Crippen LogP contribution in [0.2, 0.25) is 0 Å². The highest BCUT2D eigenvalue weighted by atomic mass is 32.1. The van der Waals surface area contributed by atoms with Gasteiger partial charge in [-0.15, -0.1) is 11.3 Å². The van der Waals surface area contributed by atoms with Gasteiger partial charge in [0.1, 0.15) is 10.6 Å². The van der Waals surface area contributed by atoms with Gasteiger partial charge in [0.25, 0.3) is 0 Å². The number of amides is 1. The Morgan fingerprint density at radius 2 is 1.95 bits per heavy atom. The molecule has 21 heavy (non-hydrogen) atoms. The van der Waals surface area contributed by atoms with Gasteiger partial charge in [-0.25, -0.2) is 4.79 Å². The maximum atomic E-state index is 11.8. The van der Waals surface area contributed by atoms with E-state index in [1.807, 2.05) is 0 Å². The Labute approximate surface area is 125 Å². The van der Waals surface area contributed by atoms with Gasteiger partial charge < -0.3 is 15.2 Å². The fourth-order valence-corrected chi connectivity index (χ4v) is 2.36. The summed E-state index contributed by atoms with van der Waals surface area (Å²) in [5, 5.41) is 13.5. The first-order valence-corrected chi connectivity index (χ1v) is 6.92. The molecule has 108 valence electrons. The van der Waals surface area contributed by atoms with E-state index in [4.69, 9.17) is 5.11 Å². The zero-order chi connectivity index (χ0) is 15.2. The van der Waals surface area contributed by atoms with Crippen molar-refractivity contribution < 1.29 is 19.4 Å². The van der Waals surface area contributed by atoms with Crippen molar-refractivity contribution in [3.8, 4) is 5.75 Å². The number of ether oxygens (including phenoxy) is 1. The number of phenols is 1. The molecule has 2 N–H and O–H groups in total. The van der Waals surface area contributed by atoms with Crippen molar-refractivity contribution >= 4 is 35.0 Å². The lowest BCUT2D eigenvalue weighted by atomic mass is 10.2. The number of methoxy groups -OCH3 is 1. The van der Waals surface area contributed by atoms with Crippen LogP contribution in [0.3, 0.4) is 0 Å². The van der Waals surface area contributed by atoms with Gasteiger partial charge in [0.2, 0.25) is 5.91 Å². The van der Waals surface area contributed by atoms with Gasteiger partial charge in [0.15, 0.2) is 0 Å². The second kappa shape index (κ2) is 6.71. The number of nitrogens with one attached hydrogen (secondary N) is 1. The minimum Gasteiger partial charge on any atom is -0.508 e. The predicted molar refractivity (Wildman–Crippen MR) is 81.4 cm³/mol. The minimum absolute atomic E-state index is 0.164. The highest BCUT2D eigenvalue weighted by Crippen LogP contribution is 2.23. The van der Waals surface area contributed by atoms with Gasteiger partial charge in [-0.1, -0.05) is 12.1 Å². The Balaban J connectivity index is 2.03. The molecule has 5 nitrogen and oxygen atoms in total. The van der Waals surface area contributed by atoms with E-state index in [9.17, 15) is 9.59 Å². The quantitative estimate of drug-likeness (QED) is 0.672. The van der Waals surface area contributed by atoms with Gasteiger partial charge in [-0.3, -0.25) is 4.79 Å². The number of phenolic OH excluding ortho intramolecular Hbond substituents is 1. The molecule has 0 spiro atoms. The predicted octanol–water partition coefficient (Wildman–Crippen LogP) is 2.89. The molecule has 1 amide bonds. The van der Waals surface area contributed by atoms with Gasteiger partial charge in [-0.05, 0) is 35.2 Å². The molecule has 0 radical (unpaired) electrons. The van der Waals surface area contributed by atoms with E-state index in [0.717, 1.165) is 5.56 Å². The van der Waals surface area contributed by atoms with Crippen molar-refractivity contribution in [2.75, 3.05) is 12.4 Å². The third kappa shape index (κ3) is 3.93. The van der Waals surface area contributed by atoms with Crippen LogP contribution in [-0.2, 0) is 9.53 Å². The van der Waals surface area contributed by atoms with Crippen LogP contribution in [-0.4, -0.2) is 24.1 Å². The molecule has 0 bridgehead atoms. The van der Waals surface area contributed by atoms with E-state index in [-0.39, 0.29) is 11.7 Å². The zero-order valence-corrected chi connectivity index (χ0v) is 12.0. The SMILES string of the molecule is COC(=O)c1sccc1NC(=O)/C=C/c1ccc(O)cc1. The van der Waals surface area contributed by atoms with Crippen LogP contribution in [0.25, 0.3) is 6.08 Å². The second-order valence-electron chi connectivity index (χ2n) is 4.07. The molecule has 1 heterocycles. The van der Waals surface area contributed by atoms with Gasteiger partial charge in [0.05, 0.1) is 12.8 Å². The van der Waals surface area contributed by atoms with Gasteiger partial charge >= 0.3 is 5.97 Å². The van der Waals surface area contributed by atoms with E-state index in [0.29, 0.717) is 10.6 Å². The second-order valence-corrected chi connectivity index (χ2v) is 4.99. The molecular weight excluding hydrogens is 290 g/mol. The van der Waals surface area contributed by atoms with E-state index in [1.165, 1.54) is 36.7 Å². The van der Waals surface area contributed by atoms with Gasteiger partial charge in [0, 0.05) is 6.08 Å². The maximum Gasteiger partial charge on any atom is 0.350 e. The summed E-state index contributed by atoms with van der Waals surface area (Å²) in [6, 6.07) is 8.08. The highest BCUT2D eigenvalue weighted by molar-refractivity contribution is 7.12. The average Bonchev–Trinajstić information content (AvgIpc) is 2.94. The Bertz CT molecular complexity index is 673. The number of benzene rings is 1. The Kier molecular flexibility index (Phi) is 4.73. The fourth-order valence-electron chi connectivity index (χ4n) is 1.59. The molecule has 2 rings (SSSR count). The molecular formula is C15H13NO4S. The summed E-state index contributed by atoms with van der Waals surface area (Å²) in [6.45, 7) is 0. The fraction of sp³-hybridized carbons (Fsp3) is 0.0667. The summed E-state index contributed by atoms with van der Waals surface area (Å²) >= 11 is 1.20. The summed E-state index contributed by atoms with van der Waals surface area (Å²) in [5.41, 5.74) is 1.20. The number of aromatic hydroxyl groups is 1. The topological polar surface area (TPSA) is 75.6 Å². The van der Waals surface area contributed by atoms with Crippen molar-refractivity contribution in [3.63, 3.8) is 0 Å². The molecule has 0 aliphatic carbocycles. The van der Waals surface area contributed by atoms with Crippen molar-refractivity contribution in [1.29, 1.82) is 0 Å². The smallest absolute Gasteiger partial charge is 0.350 e. The number of thiophene rings is 1. The molecule has 0 atom stereocenters. The van der Waals surface area contributed by atoms with E-state index in [2.05, 4.69) is 10.1 Å². The molecule has 6 heteroatoms. The van der Waals surface area contributed by atoms with Crippen LogP contribution < -0.4 is 5.32 Å². The third-order valence-electron chi connectivity index (χ3n) is 2.61. The molecule has 1 aromatic heterocycles. The maximum absolute atomic E-state index is 11.8. The molecule has 0 fully saturated rings. The number of hydrogen-bond acceptors (Lipinski definition) is 5. The van der Waals surface area contributed by atoms with Crippen LogP contribution in [0.15, 0.2) is 41.8 Å². The van der Waals surface area contributed by atoms with Crippen LogP contribution >= 0.6 is 11.3 Å². The molecule has 0 aliphatic rings. The number of anilines is 1. The first kappa shape index (κ1) is 14.8. The average molecular weight is 303 g/mol. The summed E-state index contributed by atoms with van der Waals surface area (Å²) in [4.78, 5) is 23.7. The Morgan fingerprint density at radius 3 is 2.62 bits per heavy atom. The van der Waals surface area contributed by atoms with Crippen molar-refractivity contribution in [2.24, 2.45) is 0 Å². The normalized spacial score (nSPS) is 10.5. The Hall–Kier alpha value is -2.60. The molecule has 2 aromatic rings. The van der Waals surface area contributed by atoms with Crippen LogP contribution in [0.5, 0.6) is 5.75 Å².